The van der Waals surface area contributed by atoms with Gasteiger partial charge in [-0.05, 0) is 61.4 Å². The number of carbonyl (C=O) groups is 1. The first kappa shape index (κ1) is 16.1. The quantitative estimate of drug-likeness (QED) is 0.618. The van der Waals surface area contributed by atoms with E-state index in [0.29, 0.717) is 5.52 Å². The molecular weight excluding hydrogens is 326 g/mol. The molecule has 130 valence electrons. The smallest absolute Gasteiger partial charge is 0.275 e. The first-order valence-electron chi connectivity index (χ1n) is 8.50. The highest BCUT2D eigenvalue weighted by atomic mass is 16.2. The van der Waals surface area contributed by atoms with Crippen LogP contribution in [-0.4, -0.2) is 14.9 Å². The molecule has 5 heteroatoms. The second kappa shape index (κ2) is 6.19. The predicted octanol–water partition coefficient (Wildman–Crippen LogP) is 3.51. The highest BCUT2D eigenvalue weighted by Gasteiger charge is 2.13. The molecule has 2 aromatic carbocycles. The van der Waals surface area contributed by atoms with Gasteiger partial charge in [-0.25, -0.2) is 0 Å². The van der Waals surface area contributed by atoms with Crippen molar-refractivity contribution in [3.05, 3.63) is 82.3 Å². The Hall–Kier alpha value is -3.34. The average molecular weight is 345 g/mol. The van der Waals surface area contributed by atoms with Crippen molar-refractivity contribution in [3.8, 4) is 0 Å². The Morgan fingerprint density at radius 2 is 1.65 bits per heavy atom. The molecule has 0 spiro atoms. The van der Waals surface area contributed by atoms with Gasteiger partial charge in [0.2, 0.25) is 5.91 Å². The first-order valence-corrected chi connectivity index (χ1v) is 8.50. The van der Waals surface area contributed by atoms with Crippen molar-refractivity contribution in [2.45, 2.75) is 20.4 Å². The van der Waals surface area contributed by atoms with E-state index in [1.54, 1.807) is 6.07 Å². The number of amides is 1. The predicted molar refractivity (Wildman–Crippen MR) is 104 cm³/mol. The molecule has 4 rings (SSSR count). The largest absolute Gasteiger partial charge is 0.325 e. The number of benzene rings is 2. The zero-order valence-corrected chi connectivity index (χ0v) is 14.7. The Kier molecular flexibility index (Phi) is 3.84. The standard InChI is InChI=1S/C21H19N3O2/c1-14-9-10-16(12-15(14)2)22-20(25)13-24-18-7-4-3-6-17(18)23-11-5-8-19(23)21(24)26/h3-12H,13H2,1-2H3,(H,22,25). The summed E-state index contributed by atoms with van der Waals surface area (Å²) in [4.78, 5) is 25.4. The van der Waals surface area contributed by atoms with Crippen molar-refractivity contribution in [1.82, 2.24) is 8.97 Å². The monoisotopic (exact) mass is 345 g/mol. The van der Waals surface area contributed by atoms with Crippen LogP contribution in [0.5, 0.6) is 0 Å². The lowest BCUT2D eigenvalue weighted by molar-refractivity contribution is -0.116. The molecule has 0 aliphatic rings. The van der Waals surface area contributed by atoms with E-state index >= 15 is 0 Å². The number of aromatic nitrogens is 2. The summed E-state index contributed by atoms with van der Waals surface area (Å²) >= 11 is 0. The van der Waals surface area contributed by atoms with Gasteiger partial charge in [0.1, 0.15) is 12.1 Å². The number of nitrogens with one attached hydrogen (secondary N) is 1. The van der Waals surface area contributed by atoms with Crippen molar-refractivity contribution < 1.29 is 4.79 Å². The van der Waals surface area contributed by atoms with Crippen LogP contribution in [0.3, 0.4) is 0 Å². The van der Waals surface area contributed by atoms with E-state index in [2.05, 4.69) is 5.32 Å². The van der Waals surface area contributed by atoms with Gasteiger partial charge in [-0.15, -0.1) is 0 Å². The van der Waals surface area contributed by atoms with Gasteiger partial charge in [-0.2, -0.15) is 0 Å². The Morgan fingerprint density at radius 3 is 2.42 bits per heavy atom. The summed E-state index contributed by atoms with van der Waals surface area (Å²) in [7, 11) is 0. The fourth-order valence-corrected chi connectivity index (χ4v) is 3.23. The van der Waals surface area contributed by atoms with E-state index < -0.39 is 0 Å². The molecule has 1 amide bonds. The Bertz CT molecular complexity index is 1200. The van der Waals surface area contributed by atoms with Gasteiger partial charge >= 0.3 is 0 Å². The summed E-state index contributed by atoms with van der Waals surface area (Å²) in [6.45, 7) is 4.00. The van der Waals surface area contributed by atoms with Gasteiger partial charge in [0.05, 0.1) is 11.0 Å². The van der Waals surface area contributed by atoms with E-state index in [-0.39, 0.29) is 18.0 Å². The molecule has 2 aromatic heterocycles. The third-order valence-electron chi connectivity index (χ3n) is 4.74. The average Bonchev–Trinajstić information content (AvgIpc) is 3.12. The van der Waals surface area contributed by atoms with Crippen LogP contribution in [0.15, 0.2) is 65.6 Å². The highest BCUT2D eigenvalue weighted by Crippen LogP contribution is 2.16. The summed E-state index contributed by atoms with van der Waals surface area (Å²) in [5, 5.41) is 2.89. The van der Waals surface area contributed by atoms with Crippen LogP contribution in [0.25, 0.3) is 16.6 Å². The second-order valence-corrected chi connectivity index (χ2v) is 6.49. The van der Waals surface area contributed by atoms with Gasteiger partial charge in [0, 0.05) is 11.9 Å². The van der Waals surface area contributed by atoms with Gasteiger partial charge in [-0.3, -0.25) is 14.2 Å². The molecule has 0 aliphatic carbocycles. The summed E-state index contributed by atoms with van der Waals surface area (Å²) in [6, 6.07) is 17.0. The molecule has 1 N–H and O–H groups in total. The number of anilines is 1. The number of nitrogens with zero attached hydrogens (tertiary/aromatic N) is 2. The van der Waals surface area contributed by atoms with Crippen molar-refractivity contribution in [3.63, 3.8) is 0 Å². The Balaban J connectivity index is 1.74. The second-order valence-electron chi connectivity index (χ2n) is 6.49. The molecule has 4 aromatic rings. The molecule has 26 heavy (non-hydrogen) atoms. The minimum Gasteiger partial charge on any atom is -0.325 e. The Morgan fingerprint density at radius 1 is 0.923 bits per heavy atom. The number of fused-ring (bicyclic) bond motifs is 3. The number of aryl methyl sites for hydroxylation is 2. The van der Waals surface area contributed by atoms with Crippen molar-refractivity contribution in [2.24, 2.45) is 0 Å². The molecule has 0 bridgehead atoms. The van der Waals surface area contributed by atoms with E-state index in [1.807, 2.05) is 73.0 Å². The molecule has 0 radical (unpaired) electrons. The number of hydrogen-bond acceptors (Lipinski definition) is 2. The van der Waals surface area contributed by atoms with Crippen LogP contribution in [0.4, 0.5) is 5.69 Å². The van der Waals surface area contributed by atoms with Gasteiger partial charge in [0.25, 0.3) is 5.56 Å². The van der Waals surface area contributed by atoms with E-state index in [9.17, 15) is 9.59 Å². The lowest BCUT2D eigenvalue weighted by atomic mass is 10.1. The summed E-state index contributed by atoms with van der Waals surface area (Å²) in [5.74, 6) is -0.226. The van der Waals surface area contributed by atoms with Crippen LogP contribution in [-0.2, 0) is 11.3 Å². The number of rotatable bonds is 3. The maximum Gasteiger partial charge on any atom is 0.275 e. The molecule has 0 unspecified atom stereocenters. The molecule has 5 nitrogen and oxygen atoms in total. The van der Waals surface area contributed by atoms with Crippen LogP contribution in [0.1, 0.15) is 11.1 Å². The molecule has 2 heterocycles. The van der Waals surface area contributed by atoms with E-state index in [0.717, 1.165) is 22.3 Å². The number of carbonyl (C=O) groups excluding carboxylic acids is 1. The third-order valence-corrected chi connectivity index (χ3v) is 4.74. The van der Waals surface area contributed by atoms with Crippen LogP contribution in [0.2, 0.25) is 0 Å². The maximum absolute atomic E-state index is 12.9. The van der Waals surface area contributed by atoms with Gasteiger partial charge < -0.3 is 9.72 Å². The SMILES string of the molecule is Cc1ccc(NC(=O)Cn2c(=O)c3cccn3c3ccccc32)cc1C. The summed E-state index contributed by atoms with van der Waals surface area (Å²) in [6.07, 6.45) is 1.86. The first-order chi connectivity index (χ1) is 12.5. The lowest BCUT2D eigenvalue weighted by Crippen LogP contribution is -2.29. The minimum atomic E-state index is -0.226. The maximum atomic E-state index is 12.9. The Labute approximate surface area is 150 Å². The fourth-order valence-electron chi connectivity index (χ4n) is 3.23. The normalized spacial score (nSPS) is 11.2. The molecule has 0 fully saturated rings. The summed E-state index contributed by atoms with van der Waals surface area (Å²) in [5.41, 5.74) is 5.03. The topological polar surface area (TPSA) is 55.5 Å². The van der Waals surface area contributed by atoms with Crippen LogP contribution < -0.4 is 10.9 Å². The molecule has 0 atom stereocenters. The zero-order valence-electron chi connectivity index (χ0n) is 14.7. The van der Waals surface area contributed by atoms with E-state index in [4.69, 9.17) is 0 Å². The van der Waals surface area contributed by atoms with Gasteiger partial charge in [0.15, 0.2) is 0 Å². The molecular formula is C21H19N3O2. The third kappa shape index (κ3) is 2.67. The highest BCUT2D eigenvalue weighted by molar-refractivity contribution is 5.92. The number of hydrogen-bond donors (Lipinski definition) is 1. The lowest BCUT2D eigenvalue weighted by Gasteiger charge is -2.13. The van der Waals surface area contributed by atoms with Gasteiger partial charge in [-0.1, -0.05) is 18.2 Å². The van der Waals surface area contributed by atoms with Crippen molar-refractivity contribution in [1.29, 1.82) is 0 Å². The fraction of sp³-hybridized carbons (Fsp3) is 0.143. The van der Waals surface area contributed by atoms with Crippen molar-refractivity contribution in [2.75, 3.05) is 5.32 Å². The molecule has 0 saturated carbocycles. The molecule has 0 saturated heterocycles. The van der Waals surface area contributed by atoms with Crippen LogP contribution in [0, 0.1) is 13.8 Å². The van der Waals surface area contributed by atoms with E-state index in [1.165, 1.54) is 10.1 Å². The van der Waals surface area contributed by atoms with Crippen molar-refractivity contribution >= 4 is 28.1 Å². The minimum absolute atomic E-state index is 0.0338. The summed E-state index contributed by atoms with van der Waals surface area (Å²) < 4.78 is 3.39. The zero-order chi connectivity index (χ0) is 18.3. The number of para-hydroxylation sites is 2. The van der Waals surface area contributed by atoms with Crippen LogP contribution >= 0.6 is 0 Å². The molecule has 0 aliphatic heterocycles.